The van der Waals surface area contributed by atoms with E-state index in [4.69, 9.17) is 11.6 Å². The molecule has 0 radical (unpaired) electrons. The monoisotopic (exact) mass is 411 g/mol. The highest BCUT2D eigenvalue weighted by atomic mass is 79.9. The number of sulfonamides is 1. The van der Waals surface area contributed by atoms with Gasteiger partial charge in [0.05, 0.1) is 12.3 Å². The zero-order valence-corrected chi connectivity index (χ0v) is 13.9. The Hall–Kier alpha value is -0.380. The lowest BCUT2D eigenvalue weighted by Gasteiger charge is -2.19. The average molecular weight is 413 g/mol. The van der Waals surface area contributed by atoms with E-state index in [1.165, 1.54) is 6.07 Å². The maximum atomic E-state index is 14.0. The Balaban J connectivity index is 3.16. The van der Waals surface area contributed by atoms with Gasteiger partial charge in [0.25, 0.3) is 0 Å². The van der Waals surface area contributed by atoms with E-state index in [-0.39, 0.29) is 15.9 Å². The molecule has 21 heavy (non-hydrogen) atoms. The standard InChI is InChI=1S/C11H11BrClF4NO2S/c1-18(3-2-11(15,16)17)21(19,20)9-5-8(12)4-7(6-13)10(9)14/h4-5H,2-3,6H2,1H3. The minimum absolute atomic E-state index is 0.0613. The molecule has 0 aliphatic heterocycles. The van der Waals surface area contributed by atoms with Crippen molar-refractivity contribution in [3.8, 4) is 0 Å². The molecular weight excluding hydrogens is 402 g/mol. The van der Waals surface area contributed by atoms with Crippen molar-refractivity contribution in [1.29, 1.82) is 0 Å². The molecule has 1 aromatic carbocycles. The van der Waals surface area contributed by atoms with Crippen LogP contribution in [0, 0.1) is 5.82 Å². The summed E-state index contributed by atoms with van der Waals surface area (Å²) < 4.78 is 75.5. The molecule has 0 saturated carbocycles. The van der Waals surface area contributed by atoms with Crippen LogP contribution in [0.3, 0.4) is 0 Å². The molecule has 0 saturated heterocycles. The van der Waals surface area contributed by atoms with E-state index in [9.17, 15) is 26.0 Å². The van der Waals surface area contributed by atoms with E-state index >= 15 is 0 Å². The number of rotatable bonds is 5. The number of hydrogen-bond donors (Lipinski definition) is 0. The highest BCUT2D eigenvalue weighted by molar-refractivity contribution is 9.10. The van der Waals surface area contributed by atoms with Gasteiger partial charge in [-0.3, -0.25) is 0 Å². The summed E-state index contributed by atoms with van der Waals surface area (Å²) in [7, 11) is -3.42. The van der Waals surface area contributed by atoms with Crippen molar-refractivity contribution in [2.24, 2.45) is 0 Å². The van der Waals surface area contributed by atoms with Crippen LogP contribution < -0.4 is 0 Å². The Morgan fingerprint density at radius 1 is 1.33 bits per heavy atom. The number of halogens is 6. The Labute approximate surface area is 133 Å². The van der Waals surface area contributed by atoms with Crippen molar-refractivity contribution >= 4 is 37.6 Å². The van der Waals surface area contributed by atoms with Crippen molar-refractivity contribution < 1.29 is 26.0 Å². The highest BCUT2D eigenvalue weighted by Crippen LogP contribution is 2.28. The van der Waals surface area contributed by atoms with Crippen LogP contribution in [0.1, 0.15) is 12.0 Å². The number of alkyl halides is 4. The molecule has 1 aromatic rings. The van der Waals surface area contributed by atoms with Gasteiger partial charge < -0.3 is 0 Å². The van der Waals surface area contributed by atoms with Crippen molar-refractivity contribution in [3.05, 3.63) is 28.0 Å². The summed E-state index contributed by atoms with van der Waals surface area (Å²) in [6.45, 7) is -0.798. The van der Waals surface area contributed by atoms with E-state index < -0.39 is 39.9 Å². The summed E-state index contributed by atoms with van der Waals surface area (Å²) in [5.74, 6) is -1.33. The lowest BCUT2D eigenvalue weighted by atomic mass is 10.2. The number of hydrogen-bond acceptors (Lipinski definition) is 2. The lowest BCUT2D eigenvalue weighted by Crippen LogP contribution is -2.31. The average Bonchev–Trinajstić information content (AvgIpc) is 2.36. The second kappa shape index (κ2) is 6.80. The molecule has 0 aliphatic carbocycles. The maximum Gasteiger partial charge on any atom is 0.390 e. The summed E-state index contributed by atoms with van der Waals surface area (Å²) >= 11 is 8.52. The third kappa shape index (κ3) is 4.80. The van der Waals surface area contributed by atoms with Crippen LogP contribution in [0.5, 0.6) is 0 Å². The van der Waals surface area contributed by atoms with E-state index in [0.29, 0.717) is 4.31 Å². The predicted octanol–water partition coefficient (Wildman–Crippen LogP) is 3.90. The van der Waals surface area contributed by atoms with Crippen LogP contribution >= 0.6 is 27.5 Å². The zero-order valence-electron chi connectivity index (χ0n) is 10.7. The van der Waals surface area contributed by atoms with Gasteiger partial charge in [-0.1, -0.05) is 15.9 Å². The first kappa shape index (κ1) is 18.7. The second-order valence-electron chi connectivity index (χ2n) is 4.20. The minimum Gasteiger partial charge on any atom is -0.207 e. The van der Waals surface area contributed by atoms with Gasteiger partial charge in [-0.2, -0.15) is 13.2 Å². The molecule has 3 nitrogen and oxygen atoms in total. The molecule has 10 heteroatoms. The fourth-order valence-electron chi connectivity index (χ4n) is 1.48. The zero-order chi connectivity index (χ0) is 16.4. The molecule has 0 atom stereocenters. The third-order valence-electron chi connectivity index (χ3n) is 2.62. The lowest BCUT2D eigenvalue weighted by molar-refractivity contribution is -0.135. The molecule has 0 fully saturated rings. The quantitative estimate of drug-likeness (QED) is 0.543. The summed E-state index contributed by atoms with van der Waals surface area (Å²) in [5.41, 5.74) is -0.0613. The molecule has 0 aromatic heterocycles. The van der Waals surface area contributed by atoms with Gasteiger partial charge >= 0.3 is 6.18 Å². The Morgan fingerprint density at radius 2 is 1.90 bits per heavy atom. The van der Waals surface area contributed by atoms with Gasteiger partial charge in [0.2, 0.25) is 10.0 Å². The normalized spacial score (nSPS) is 13.0. The second-order valence-corrected chi connectivity index (χ2v) is 7.40. The van der Waals surface area contributed by atoms with Crippen LogP contribution in [0.25, 0.3) is 0 Å². The first-order chi connectivity index (χ1) is 9.49. The fourth-order valence-corrected chi connectivity index (χ4v) is 3.63. The first-order valence-corrected chi connectivity index (χ1v) is 8.33. The van der Waals surface area contributed by atoms with Gasteiger partial charge in [0.15, 0.2) is 0 Å². The van der Waals surface area contributed by atoms with E-state index in [0.717, 1.165) is 13.1 Å². The maximum absolute atomic E-state index is 14.0. The van der Waals surface area contributed by atoms with Crippen LogP contribution in [0.15, 0.2) is 21.5 Å². The van der Waals surface area contributed by atoms with E-state index in [1.807, 2.05) is 0 Å². The SMILES string of the molecule is CN(CCC(F)(F)F)S(=O)(=O)c1cc(Br)cc(CCl)c1F. The molecule has 0 heterocycles. The van der Waals surface area contributed by atoms with Crippen molar-refractivity contribution in [1.82, 2.24) is 4.31 Å². The minimum atomic E-state index is -4.50. The summed E-state index contributed by atoms with van der Waals surface area (Å²) in [6, 6.07) is 2.29. The molecule has 120 valence electrons. The number of benzene rings is 1. The van der Waals surface area contributed by atoms with E-state index in [2.05, 4.69) is 15.9 Å². The topological polar surface area (TPSA) is 37.4 Å². The summed E-state index contributed by atoms with van der Waals surface area (Å²) in [6.07, 6.45) is -5.82. The molecule has 0 spiro atoms. The van der Waals surface area contributed by atoms with Crippen LogP contribution in [-0.4, -0.2) is 32.5 Å². The third-order valence-corrected chi connectivity index (χ3v) is 5.22. The Morgan fingerprint density at radius 3 is 2.38 bits per heavy atom. The summed E-state index contributed by atoms with van der Waals surface area (Å²) in [5, 5.41) is 0. The smallest absolute Gasteiger partial charge is 0.207 e. The Bertz CT molecular complexity index is 621. The summed E-state index contributed by atoms with van der Waals surface area (Å²) in [4.78, 5) is -0.711. The number of nitrogens with zero attached hydrogens (tertiary/aromatic N) is 1. The van der Waals surface area contributed by atoms with E-state index in [1.54, 1.807) is 0 Å². The molecule has 0 unspecified atom stereocenters. The fraction of sp³-hybridized carbons (Fsp3) is 0.455. The van der Waals surface area contributed by atoms with Gasteiger partial charge in [0, 0.05) is 23.6 Å². The molecule has 0 bridgehead atoms. The molecule has 0 aliphatic rings. The first-order valence-electron chi connectivity index (χ1n) is 5.56. The van der Waals surface area contributed by atoms with Crippen molar-refractivity contribution in [3.63, 3.8) is 0 Å². The van der Waals surface area contributed by atoms with Crippen LogP contribution in [0.2, 0.25) is 0 Å². The largest absolute Gasteiger partial charge is 0.390 e. The van der Waals surface area contributed by atoms with Gasteiger partial charge in [0.1, 0.15) is 10.7 Å². The van der Waals surface area contributed by atoms with Crippen molar-refractivity contribution in [2.45, 2.75) is 23.4 Å². The highest BCUT2D eigenvalue weighted by Gasteiger charge is 2.32. The Kier molecular flexibility index (Phi) is 6.05. The predicted molar refractivity (Wildman–Crippen MR) is 74.1 cm³/mol. The molecule has 0 N–H and O–H groups in total. The molecule has 0 amide bonds. The van der Waals surface area contributed by atoms with Crippen LogP contribution in [-0.2, 0) is 15.9 Å². The van der Waals surface area contributed by atoms with Gasteiger partial charge in [-0.25, -0.2) is 17.1 Å². The van der Waals surface area contributed by atoms with Crippen LogP contribution in [0.4, 0.5) is 17.6 Å². The molecular formula is C11H11BrClF4NO2S. The van der Waals surface area contributed by atoms with Crippen molar-refractivity contribution in [2.75, 3.05) is 13.6 Å². The van der Waals surface area contributed by atoms with Gasteiger partial charge in [-0.15, -0.1) is 11.6 Å². The van der Waals surface area contributed by atoms with Gasteiger partial charge in [-0.05, 0) is 12.1 Å². The molecule has 1 rings (SSSR count).